The fourth-order valence-electron chi connectivity index (χ4n) is 3.14. The van der Waals surface area contributed by atoms with Gasteiger partial charge in [-0.15, -0.1) is 0 Å². The summed E-state index contributed by atoms with van der Waals surface area (Å²) in [7, 11) is 0. The van der Waals surface area contributed by atoms with E-state index in [9.17, 15) is 0 Å². The molecule has 2 aromatic carbocycles. The molecule has 0 saturated heterocycles. The number of rotatable bonds is 5. The maximum atomic E-state index is 6.31. The van der Waals surface area contributed by atoms with E-state index in [4.69, 9.17) is 16.6 Å². The predicted octanol–water partition coefficient (Wildman–Crippen LogP) is 5.14. The molecule has 3 rings (SSSR count). The fraction of sp³-hybridized carbons (Fsp3) is 0.350. The van der Waals surface area contributed by atoms with Crippen molar-refractivity contribution >= 4 is 34.8 Å². The molecule has 2 aromatic rings. The third-order valence-corrected chi connectivity index (χ3v) is 5.46. The standard InChI is InChI=1S/C20H23ClN2S/c1-3-24-15(2)14-23-12-11-22-20(16-7-5-4-6-8-16)18-13-17(21)9-10-19(18)23/h4-10,13,15H,3,11-12,14H2,1-2H3. The Labute approximate surface area is 153 Å². The lowest BCUT2D eigenvalue weighted by atomic mass is 10.00. The number of nitrogens with zero attached hydrogens (tertiary/aromatic N) is 2. The van der Waals surface area contributed by atoms with Gasteiger partial charge in [0.25, 0.3) is 0 Å². The summed E-state index contributed by atoms with van der Waals surface area (Å²) in [6, 6.07) is 16.6. The summed E-state index contributed by atoms with van der Waals surface area (Å²) in [5.74, 6) is 1.15. The van der Waals surface area contributed by atoms with Crippen molar-refractivity contribution in [2.24, 2.45) is 4.99 Å². The number of aliphatic imine (C=N–C) groups is 1. The number of benzene rings is 2. The van der Waals surface area contributed by atoms with Gasteiger partial charge in [-0.05, 0) is 24.0 Å². The summed E-state index contributed by atoms with van der Waals surface area (Å²) >= 11 is 8.31. The molecule has 1 unspecified atom stereocenters. The molecule has 1 aliphatic heterocycles. The summed E-state index contributed by atoms with van der Waals surface area (Å²) in [4.78, 5) is 7.35. The molecular weight excluding hydrogens is 336 g/mol. The zero-order valence-electron chi connectivity index (χ0n) is 14.2. The smallest absolute Gasteiger partial charge is 0.0741 e. The molecule has 126 valence electrons. The summed E-state index contributed by atoms with van der Waals surface area (Å²) in [5, 5.41) is 1.35. The highest BCUT2D eigenvalue weighted by molar-refractivity contribution is 7.99. The number of hydrogen-bond donors (Lipinski definition) is 0. The van der Waals surface area contributed by atoms with Crippen molar-refractivity contribution in [3.8, 4) is 0 Å². The van der Waals surface area contributed by atoms with Gasteiger partial charge >= 0.3 is 0 Å². The molecule has 4 heteroatoms. The van der Waals surface area contributed by atoms with E-state index >= 15 is 0 Å². The third-order valence-electron chi connectivity index (χ3n) is 4.17. The van der Waals surface area contributed by atoms with Crippen molar-refractivity contribution in [3.05, 3.63) is 64.7 Å². The van der Waals surface area contributed by atoms with Crippen molar-refractivity contribution in [1.82, 2.24) is 0 Å². The number of thioether (sulfide) groups is 1. The Morgan fingerprint density at radius 3 is 2.75 bits per heavy atom. The maximum absolute atomic E-state index is 6.31. The molecule has 0 bridgehead atoms. The maximum Gasteiger partial charge on any atom is 0.0741 e. The van der Waals surface area contributed by atoms with Gasteiger partial charge in [0.2, 0.25) is 0 Å². The van der Waals surface area contributed by atoms with Crippen LogP contribution in [0, 0.1) is 0 Å². The summed E-state index contributed by atoms with van der Waals surface area (Å²) in [6.45, 7) is 7.30. The first-order valence-electron chi connectivity index (χ1n) is 8.45. The average Bonchev–Trinajstić information content (AvgIpc) is 2.75. The van der Waals surface area contributed by atoms with Gasteiger partial charge in [-0.3, -0.25) is 4.99 Å². The van der Waals surface area contributed by atoms with Crippen LogP contribution in [0.2, 0.25) is 5.02 Å². The van der Waals surface area contributed by atoms with Crippen LogP contribution in [0.25, 0.3) is 0 Å². The molecule has 0 aliphatic carbocycles. The SMILES string of the molecule is CCSC(C)CN1CCN=C(c2ccccc2)c2cc(Cl)ccc21. The fourth-order valence-corrected chi connectivity index (χ4v) is 4.17. The monoisotopic (exact) mass is 358 g/mol. The van der Waals surface area contributed by atoms with Crippen molar-refractivity contribution in [2.45, 2.75) is 19.1 Å². The summed E-state index contributed by atoms with van der Waals surface area (Å²) < 4.78 is 0. The lowest BCUT2D eigenvalue weighted by Crippen LogP contribution is -2.32. The van der Waals surface area contributed by atoms with E-state index in [2.05, 4.69) is 55.1 Å². The Morgan fingerprint density at radius 1 is 1.21 bits per heavy atom. The Bertz CT molecular complexity index is 715. The van der Waals surface area contributed by atoms with E-state index in [-0.39, 0.29) is 0 Å². The summed E-state index contributed by atoms with van der Waals surface area (Å²) in [6.07, 6.45) is 0. The molecule has 0 aromatic heterocycles. The van der Waals surface area contributed by atoms with Crippen LogP contribution in [0.15, 0.2) is 53.5 Å². The molecule has 24 heavy (non-hydrogen) atoms. The molecule has 1 atom stereocenters. The number of halogens is 1. The van der Waals surface area contributed by atoms with Crippen LogP contribution in [0.4, 0.5) is 5.69 Å². The van der Waals surface area contributed by atoms with E-state index in [1.165, 1.54) is 5.69 Å². The lowest BCUT2D eigenvalue weighted by molar-refractivity contribution is 0.777. The number of benzodiazepines with no additional fused rings is 1. The second-order valence-electron chi connectivity index (χ2n) is 5.97. The van der Waals surface area contributed by atoms with E-state index in [1.807, 2.05) is 23.9 Å². The molecule has 0 amide bonds. The topological polar surface area (TPSA) is 15.6 Å². The zero-order chi connectivity index (χ0) is 16.9. The molecule has 2 nitrogen and oxygen atoms in total. The largest absolute Gasteiger partial charge is 0.368 e. The molecule has 1 aliphatic rings. The second kappa shape index (κ2) is 8.09. The molecule has 0 fully saturated rings. The van der Waals surface area contributed by atoms with E-state index in [0.29, 0.717) is 5.25 Å². The number of hydrogen-bond acceptors (Lipinski definition) is 3. The third kappa shape index (κ3) is 3.96. The van der Waals surface area contributed by atoms with Crippen molar-refractivity contribution in [1.29, 1.82) is 0 Å². The van der Waals surface area contributed by atoms with Crippen molar-refractivity contribution in [2.75, 3.05) is 30.3 Å². The molecule has 0 spiro atoms. The van der Waals surface area contributed by atoms with Crippen LogP contribution in [-0.4, -0.2) is 36.3 Å². The van der Waals surface area contributed by atoms with Gasteiger partial charge in [-0.1, -0.05) is 55.8 Å². The van der Waals surface area contributed by atoms with E-state index < -0.39 is 0 Å². The normalized spacial score (nSPS) is 15.5. The lowest BCUT2D eigenvalue weighted by Gasteiger charge is -2.27. The van der Waals surface area contributed by atoms with Crippen LogP contribution in [-0.2, 0) is 0 Å². The molecular formula is C20H23ClN2S. The Balaban J connectivity index is 1.99. The van der Waals surface area contributed by atoms with Gasteiger partial charge in [0.1, 0.15) is 0 Å². The van der Waals surface area contributed by atoms with Gasteiger partial charge < -0.3 is 4.90 Å². The molecule has 0 N–H and O–H groups in total. The zero-order valence-corrected chi connectivity index (χ0v) is 15.8. The minimum Gasteiger partial charge on any atom is -0.368 e. The average molecular weight is 359 g/mol. The Hall–Kier alpha value is -1.45. The van der Waals surface area contributed by atoms with Gasteiger partial charge in [0, 0.05) is 40.2 Å². The Kier molecular flexibility index (Phi) is 5.85. The van der Waals surface area contributed by atoms with Crippen LogP contribution in [0.1, 0.15) is 25.0 Å². The highest BCUT2D eigenvalue weighted by Crippen LogP contribution is 2.30. The van der Waals surface area contributed by atoms with Crippen LogP contribution < -0.4 is 4.90 Å². The predicted molar refractivity (Wildman–Crippen MR) is 108 cm³/mol. The molecule has 1 heterocycles. The van der Waals surface area contributed by atoms with Crippen molar-refractivity contribution < 1.29 is 0 Å². The minimum atomic E-state index is 0.594. The van der Waals surface area contributed by atoms with Crippen LogP contribution in [0.5, 0.6) is 0 Å². The summed E-state index contributed by atoms with van der Waals surface area (Å²) in [5.41, 5.74) is 4.58. The van der Waals surface area contributed by atoms with Gasteiger partial charge in [-0.25, -0.2) is 0 Å². The van der Waals surface area contributed by atoms with E-state index in [1.54, 1.807) is 0 Å². The van der Waals surface area contributed by atoms with Crippen molar-refractivity contribution in [3.63, 3.8) is 0 Å². The van der Waals surface area contributed by atoms with Gasteiger partial charge in [0.15, 0.2) is 0 Å². The number of fused-ring (bicyclic) bond motifs is 1. The highest BCUT2D eigenvalue weighted by atomic mass is 35.5. The van der Waals surface area contributed by atoms with E-state index in [0.717, 1.165) is 47.2 Å². The van der Waals surface area contributed by atoms with Gasteiger partial charge in [-0.2, -0.15) is 11.8 Å². The van der Waals surface area contributed by atoms with Crippen LogP contribution in [0.3, 0.4) is 0 Å². The minimum absolute atomic E-state index is 0.594. The highest BCUT2D eigenvalue weighted by Gasteiger charge is 2.21. The quantitative estimate of drug-likeness (QED) is 0.735. The molecule has 0 saturated carbocycles. The first-order chi connectivity index (χ1) is 11.7. The van der Waals surface area contributed by atoms with Crippen LogP contribution >= 0.6 is 23.4 Å². The van der Waals surface area contributed by atoms with Gasteiger partial charge in [0.05, 0.1) is 12.3 Å². The molecule has 0 radical (unpaired) electrons. The number of anilines is 1. The Morgan fingerprint density at radius 2 is 2.00 bits per heavy atom. The first kappa shape index (κ1) is 17.4. The first-order valence-corrected chi connectivity index (χ1v) is 9.88. The second-order valence-corrected chi connectivity index (χ2v) is 8.12.